The second-order valence-corrected chi connectivity index (χ2v) is 11.5. The lowest BCUT2D eigenvalue weighted by Crippen LogP contribution is -2.23. The molecule has 0 unspecified atom stereocenters. The molecule has 2 rings (SSSR count). The molecular formula is C15H20N2Si. The average Bonchev–Trinajstić information content (AvgIpc) is 2.27. The third-order valence-electron chi connectivity index (χ3n) is 2.74. The number of hydrogen-bond acceptors (Lipinski definition) is 2. The van der Waals surface area contributed by atoms with E-state index >= 15 is 0 Å². The lowest BCUT2D eigenvalue weighted by Gasteiger charge is -2.15. The van der Waals surface area contributed by atoms with Crippen molar-refractivity contribution in [1.29, 1.82) is 0 Å². The van der Waals surface area contributed by atoms with Gasteiger partial charge in [0.2, 0.25) is 0 Å². The zero-order chi connectivity index (χ0) is 13.2. The predicted octanol–water partition coefficient (Wildman–Crippen LogP) is 3.87. The molecule has 0 aliphatic rings. The van der Waals surface area contributed by atoms with Gasteiger partial charge in [0.15, 0.2) is 0 Å². The van der Waals surface area contributed by atoms with E-state index < -0.39 is 8.07 Å². The van der Waals surface area contributed by atoms with Crippen molar-refractivity contribution >= 4 is 8.07 Å². The molecule has 0 aliphatic heterocycles. The molecule has 0 aliphatic carbocycles. The van der Waals surface area contributed by atoms with E-state index in [0.717, 1.165) is 11.4 Å². The molecule has 2 aromatic heterocycles. The van der Waals surface area contributed by atoms with Crippen LogP contribution in [-0.2, 0) is 6.04 Å². The summed E-state index contributed by atoms with van der Waals surface area (Å²) in [6.07, 6.45) is 3.74. The quantitative estimate of drug-likeness (QED) is 0.779. The second-order valence-electron chi connectivity index (χ2n) is 6.01. The highest BCUT2D eigenvalue weighted by molar-refractivity contribution is 6.75. The van der Waals surface area contributed by atoms with Gasteiger partial charge in [-0.1, -0.05) is 19.6 Å². The molecule has 0 spiro atoms. The van der Waals surface area contributed by atoms with Crippen LogP contribution in [0.15, 0.2) is 36.7 Å². The first-order valence-electron chi connectivity index (χ1n) is 6.32. The Morgan fingerprint density at radius 2 is 1.56 bits per heavy atom. The van der Waals surface area contributed by atoms with E-state index in [0.29, 0.717) is 0 Å². The maximum Gasteiger partial charge on any atom is 0.0888 e. The van der Waals surface area contributed by atoms with Gasteiger partial charge in [-0.15, -0.1) is 0 Å². The molecule has 18 heavy (non-hydrogen) atoms. The zero-order valence-electron chi connectivity index (χ0n) is 11.6. The van der Waals surface area contributed by atoms with Gasteiger partial charge < -0.3 is 0 Å². The summed E-state index contributed by atoms with van der Waals surface area (Å²) in [5.41, 5.74) is 4.54. The first-order valence-corrected chi connectivity index (χ1v) is 10.0. The van der Waals surface area contributed by atoms with Gasteiger partial charge in [-0.25, -0.2) is 0 Å². The van der Waals surface area contributed by atoms with Gasteiger partial charge in [0, 0.05) is 20.5 Å². The first kappa shape index (κ1) is 13.0. The van der Waals surface area contributed by atoms with Gasteiger partial charge >= 0.3 is 0 Å². The summed E-state index contributed by atoms with van der Waals surface area (Å²) in [7, 11) is -1.08. The third kappa shape index (κ3) is 3.50. The number of aromatic nitrogens is 2. The number of nitrogens with zero attached hydrogens (tertiary/aromatic N) is 2. The summed E-state index contributed by atoms with van der Waals surface area (Å²) >= 11 is 0. The fourth-order valence-corrected chi connectivity index (χ4v) is 3.46. The largest absolute Gasteiger partial charge is 0.255 e. The minimum Gasteiger partial charge on any atom is -0.255 e. The number of hydrogen-bond donors (Lipinski definition) is 0. The van der Waals surface area contributed by atoms with Crippen LogP contribution in [0.5, 0.6) is 0 Å². The molecule has 0 radical (unpaired) electrons. The fourth-order valence-electron chi connectivity index (χ4n) is 2.01. The van der Waals surface area contributed by atoms with Crippen LogP contribution in [0.4, 0.5) is 0 Å². The third-order valence-corrected chi connectivity index (χ3v) is 4.21. The number of rotatable bonds is 3. The van der Waals surface area contributed by atoms with Gasteiger partial charge in [-0.3, -0.25) is 9.97 Å². The van der Waals surface area contributed by atoms with Crippen LogP contribution in [-0.4, -0.2) is 18.0 Å². The maximum atomic E-state index is 4.43. The molecule has 2 heterocycles. The van der Waals surface area contributed by atoms with Crippen LogP contribution in [0.2, 0.25) is 19.6 Å². The first-order chi connectivity index (χ1) is 8.44. The summed E-state index contributed by atoms with van der Waals surface area (Å²) in [6, 6.07) is 9.59. The number of aryl methyl sites for hydroxylation is 1. The monoisotopic (exact) mass is 256 g/mol. The molecular weight excluding hydrogens is 236 g/mol. The van der Waals surface area contributed by atoms with Crippen molar-refractivity contribution in [3.8, 4) is 11.4 Å². The summed E-state index contributed by atoms with van der Waals surface area (Å²) in [6.45, 7) is 9.24. The second kappa shape index (κ2) is 5.02. The summed E-state index contributed by atoms with van der Waals surface area (Å²) in [5.74, 6) is 0. The molecule has 0 saturated heterocycles. The van der Waals surface area contributed by atoms with E-state index in [4.69, 9.17) is 0 Å². The van der Waals surface area contributed by atoms with Crippen molar-refractivity contribution < 1.29 is 0 Å². The minimum absolute atomic E-state index is 0.965. The molecule has 0 N–H and O–H groups in total. The van der Waals surface area contributed by atoms with Crippen LogP contribution < -0.4 is 0 Å². The zero-order valence-corrected chi connectivity index (χ0v) is 12.6. The van der Waals surface area contributed by atoms with Crippen LogP contribution in [0.25, 0.3) is 11.4 Å². The molecule has 0 aromatic carbocycles. The van der Waals surface area contributed by atoms with Gasteiger partial charge in [0.1, 0.15) is 0 Å². The molecule has 0 atom stereocenters. The van der Waals surface area contributed by atoms with Crippen LogP contribution in [0.3, 0.4) is 0 Å². The highest BCUT2D eigenvalue weighted by atomic mass is 28.3. The van der Waals surface area contributed by atoms with Gasteiger partial charge in [0.25, 0.3) is 0 Å². The van der Waals surface area contributed by atoms with Gasteiger partial charge in [-0.05, 0) is 48.4 Å². The Balaban J connectivity index is 2.33. The molecule has 2 nitrogen and oxygen atoms in total. The van der Waals surface area contributed by atoms with E-state index in [1.165, 1.54) is 17.2 Å². The molecule has 2 aromatic rings. The summed E-state index contributed by atoms with van der Waals surface area (Å²) in [5, 5.41) is 0. The normalized spacial score (nSPS) is 11.6. The lowest BCUT2D eigenvalue weighted by molar-refractivity contribution is 1.19. The fraction of sp³-hybridized carbons (Fsp3) is 0.333. The van der Waals surface area contributed by atoms with Crippen molar-refractivity contribution in [2.45, 2.75) is 32.6 Å². The summed E-state index contributed by atoms with van der Waals surface area (Å²) < 4.78 is 0. The standard InChI is InChI=1S/C15H20N2Si/c1-12-5-7-16-14(9-12)15-10-13(6-8-17-15)11-18(2,3)4/h5-10H,11H2,1-4H3. The van der Waals surface area contributed by atoms with Crippen molar-refractivity contribution in [3.05, 3.63) is 47.8 Å². The highest BCUT2D eigenvalue weighted by Gasteiger charge is 2.14. The average molecular weight is 256 g/mol. The number of pyridine rings is 2. The van der Waals surface area contributed by atoms with Crippen LogP contribution in [0, 0.1) is 6.92 Å². The Morgan fingerprint density at radius 1 is 0.944 bits per heavy atom. The van der Waals surface area contributed by atoms with Crippen molar-refractivity contribution in [3.63, 3.8) is 0 Å². The highest BCUT2D eigenvalue weighted by Crippen LogP contribution is 2.18. The van der Waals surface area contributed by atoms with Crippen LogP contribution in [0.1, 0.15) is 11.1 Å². The van der Waals surface area contributed by atoms with E-state index in [9.17, 15) is 0 Å². The lowest BCUT2D eigenvalue weighted by atomic mass is 10.1. The molecule has 0 fully saturated rings. The molecule has 0 saturated carbocycles. The Hall–Kier alpha value is -1.48. The topological polar surface area (TPSA) is 25.8 Å². The molecule has 3 heteroatoms. The Labute approximate surface area is 110 Å². The molecule has 94 valence electrons. The predicted molar refractivity (Wildman–Crippen MR) is 79.3 cm³/mol. The van der Waals surface area contributed by atoms with Gasteiger partial charge in [-0.2, -0.15) is 0 Å². The Bertz CT molecular complexity index is 544. The van der Waals surface area contributed by atoms with Crippen molar-refractivity contribution in [2.75, 3.05) is 0 Å². The van der Waals surface area contributed by atoms with E-state index in [-0.39, 0.29) is 0 Å². The molecule has 0 amide bonds. The Morgan fingerprint density at radius 3 is 2.17 bits per heavy atom. The smallest absolute Gasteiger partial charge is 0.0888 e. The molecule has 0 bridgehead atoms. The SMILES string of the molecule is Cc1ccnc(-c2cc(C[Si](C)(C)C)ccn2)c1. The van der Waals surface area contributed by atoms with E-state index in [1.807, 2.05) is 18.5 Å². The van der Waals surface area contributed by atoms with Crippen molar-refractivity contribution in [1.82, 2.24) is 9.97 Å². The van der Waals surface area contributed by atoms with E-state index in [2.05, 4.69) is 54.7 Å². The van der Waals surface area contributed by atoms with Gasteiger partial charge in [0.05, 0.1) is 11.4 Å². The van der Waals surface area contributed by atoms with E-state index in [1.54, 1.807) is 0 Å². The Kier molecular flexibility index (Phi) is 3.62. The summed E-state index contributed by atoms with van der Waals surface area (Å²) in [4.78, 5) is 8.83. The van der Waals surface area contributed by atoms with Crippen LogP contribution >= 0.6 is 0 Å². The van der Waals surface area contributed by atoms with Crippen molar-refractivity contribution in [2.24, 2.45) is 0 Å². The minimum atomic E-state index is -1.08. The maximum absolute atomic E-state index is 4.43.